The number of hydrogen-bond acceptors (Lipinski definition) is 5. The molecular formula is C14H13ClN4O3. The summed E-state index contributed by atoms with van der Waals surface area (Å²) in [7, 11) is 0. The van der Waals surface area contributed by atoms with Gasteiger partial charge in [0.05, 0.1) is 10.6 Å². The molecule has 0 saturated heterocycles. The summed E-state index contributed by atoms with van der Waals surface area (Å²) in [6, 6.07) is 8.61. The third-order valence-corrected chi connectivity index (χ3v) is 3.15. The second-order valence-electron chi connectivity index (χ2n) is 4.50. The molecule has 0 fully saturated rings. The summed E-state index contributed by atoms with van der Waals surface area (Å²) in [5, 5.41) is 16.5. The molecule has 0 aliphatic carbocycles. The van der Waals surface area contributed by atoms with Gasteiger partial charge in [0.15, 0.2) is 5.15 Å². The minimum Gasteiger partial charge on any atom is -0.374 e. The highest BCUT2D eigenvalue weighted by molar-refractivity contribution is 6.32. The van der Waals surface area contributed by atoms with Gasteiger partial charge in [-0.1, -0.05) is 17.7 Å². The Kier molecular flexibility index (Phi) is 4.90. The predicted molar refractivity (Wildman–Crippen MR) is 84.1 cm³/mol. The van der Waals surface area contributed by atoms with Crippen molar-refractivity contribution in [2.75, 3.05) is 10.6 Å². The molecule has 1 aromatic carbocycles. The number of benzene rings is 1. The lowest BCUT2D eigenvalue weighted by Crippen LogP contribution is -2.32. The Morgan fingerprint density at radius 2 is 2.14 bits per heavy atom. The molecule has 0 aliphatic rings. The Labute approximate surface area is 131 Å². The van der Waals surface area contributed by atoms with Gasteiger partial charge in [0.1, 0.15) is 6.04 Å². The van der Waals surface area contributed by atoms with Crippen molar-refractivity contribution >= 4 is 34.6 Å². The molecule has 1 heterocycles. The molecule has 0 unspecified atom stereocenters. The number of hydrogen-bond donors (Lipinski definition) is 2. The molecule has 2 aromatic rings. The maximum atomic E-state index is 12.1. The van der Waals surface area contributed by atoms with Crippen LogP contribution in [0.5, 0.6) is 0 Å². The Bertz CT molecular complexity index is 708. The number of rotatable bonds is 5. The van der Waals surface area contributed by atoms with E-state index in [0.717, 1.165) is 0 Å². The molecule has 0 aliphatic heterocycles. The molecule has 8 heteroatoms. The number of anilines is 2. The molecule has 0 radical (unpaired) electrons. The van der Waals surface area contributed by atoms with Crippen LogP contribution in [0.2, 0.25) is 5.15 Å². The minimum absolute atomic E-state index is 0.0482. The van der Waals surface area contributed by atoms with E-state index in [0.29, 0.717) is 11.4 Å². The van der Waals surface area contributed by atoms with Crippen LogP contribution in [0.15, 0.2) is 42.6 Å². The van der Waals surface area contributed by atoms with Crippen molar-refractivity contribution in [2.45, 2.75) is 13.0 Å². The van der Waals surface area contributed by atoms with Crippen molar-refractivity contribution in [3.05, 3.63) is 57.9 Å². The zero-order valence-corrected chi connectivity index (χ0v) is 12.4. The first kappa shape index (κ1) is 15.7. The molecule has 7 nitrogen and oxygen atoms in total. The number of nitrogens with zero attached hydrogens (tertiary/aromatic N) is 2. The van der Waals surface area contributed by atoms with Crippen molar-refractivity contribution in [1.82, 2.24) is 4.98 Å². The van der Waals surface area contributed by atoms with E-state index in [1.807, 2.05) is 0 Å². The summed E-state index contributed by atoms with van der Waals surface area (Å²) < 4.78 is 0. The van der Waals surface area contributed by atoms with Crippen LogP contribution < -0.4 is 10.6 Å². The normalized spacial score (nSPS) is 11.5. The van der Waals surface area contributed by atoms with Crippen LogP contribution in [0.4, 0.5) is 17.1 Å². The average Bonchev–Trinajstić information content (AvgIpc) is 2.49. The number of pyridine rings is 1. The van der Waals surface area contributed by atoms with Crippen LogP contribution >= 0.6 is 11.6 Å². The molecule has 1 amide bonds. The van der Waals surface area contributed by atoms with Crippen LogP contribution in [-0.2, 0) is 4.79 Å². The summed E-state index contributed by atoms with van der Waals surface area (Å²) in [5.74, 6) is -0.332. The highest BCUT2D eigenvalue weighted by Crippen LogP contribution is 2.20. The first-order valence-corrected chi connectivity index (χ1v) is 6.77. The molecule has 0 bridgehead atoms. The van der Waals surface area contributed by atoms with Gasteiger partial charge in [0, 0.05) is 24.0 Å². The molecule has 2 N–H and O–H groups in total. The van der Waals surface area contributed by atoms with Gasteiger partial charge >= 0.3 is 0 Å². The fraction of sp³-hybridized carbons (Fsp3) is 0.143. The molecule has 1 aromatic heterocycles. The molecule has 0 spiro atoms. The van der Waals surface area contributed by atoms with Gasteiger partial charge in [0.2, 0.25) is 5.91 Å². The zero-order chi connectivity index (χ0) is 16.1. The largest absolute Gasteiger partial charge is 0.374 e. The van der Waals surface area contributed by atoms with E-state index in [-0.39, 0.29) is 16.7 Å². The van der Waals surface area contributed by atoms with Crippen molar-refractivity contribution < 1.29 is 9.72 Å². The predicted octanol–water partition coefficient (Wildman–Crippen LogP) is 3.08. The smallest absolute Gasteiger partial charge is 0.271 e. The number of nitro groups is 1. The molecular weight excluding hydrogens is 308 g/mol. The monoisotopic (exact) mass is 320 g/mol. The Morgan fingerprint density at radius 3 is 2.82 bits per heavy atom. The van der Waals surface area contributed by atoms with Crippen molar-refractivity contribution in [3.8, 4) is 0 Å². The van der Waals surface area contributed by atoms with Gasteiger partial charge in [0.25, 0.3) is 5.69 Å². The van der Waals surface area contributed by atoms with Crippen LogP contribution in [-0.4, -0.2) is 21.9 Å². The number of nitrogens with one attached hydrogen (secondary N) is 2. The number of halogens is 1. The van der Waals surface area contributed by atoms with Crippen molar-refractivity contribution in [2.24, 2.45) is 0 Å². The first-order valence-electron chi connectivity index (χ1n) is 6.40. The highest BCUT2D eigenvalue weighted by atomic mass is 35.5. The van der Waals surface area contributed by atoms with E-state index >= 15 is 0 Å². The maximum Gasteiger partial charge on any atom is 0.271 e. The maximum absolute atomic E-state index is 12.1. The second kappa shape index (κ2) is 6.86. The number of nitro benzene ring substituents is 1. The quantitative estimate of drug-likeness (QED) is 0.501. The SMILES string of the molecule is C[C@@H](Nc1cccc([N+](=O)[O-])c1)C(=O)Nc1cccnc1Cl. The van der Waals surface area contributed by atoms with Gasteiger partial charge in [-0.15, -0.1) is 0 Å². The first-order chi connectivity index (χ1) is 10.5. The van der Waals surface area contributed by atoms with Gasteiger partial charge in [-0.05, 0) is 25.1 Å². The van der Waals surface area contributed by atoms with Crippen LogP contribution in [0.3, 0.4) is 0 Å². The lowest BCUT2D eigenvalue weighted by Gasteiger charge is -2.15. The Morgan fingerprint density at radius 1 is 1.36 bits per heavy atom. The molecule has 114 valence electrons. The van der Waals surface area contributed by atoms with Gasteiger partial charge in [-0.3, -0.25) is 14.9 Å². The third-order valence-electron chi connectivity index (χ3n) is 2.85. The van der Waals surface area contributed by atoms with Crippen molar-refractivity contribution in [1.29, 1.82) is 0 Å². The Hall–Kier alpha value is -2.67. The third kappa shape index (κ3) is 3.92. The summed E-state index contributed by atoms with van der Waals surface area (Å²) in [4.78, 5) is 26.2. The number of carbonyl (C=O) groups excluding carboxylic acids is 1. The lowest BCUT2D eigenvalue weighted by molar-refractivity contribution is -0.384. The van der Waals surface area contributed by atoms with Gasteiger partial charge < -0.3 is 10.6 Å². The van der Waals surface area contributed by atoms with Crippen LogP contribution in [0.1, 0.15) is 6.92 Å². The molecule has 2 rings (SSSR count). The fourth-order valence-electron chi connectivity index (χ4n) is 1.75. The molecule has 0 saturated carbocycles. The lowest BCUT2D eigenvalue weighted by atomic mass is 10.2. The van der Waals surface area contributed by atoms with E-state index < -0.39 is 11.0 Å². The topological polar surface area (TPSA) is 97.2 Å². The summed E-state index contributed by atoms with van der Waals surface area (Å²) in [6.07, 6.45) is 1.52. The summed E-state index contributed by atoms with van der Waals surface area (Å²) in [6.45, 7) is 1.64. The van der Waals surface area contributed by atoms with Crippen LogP contribution in [0, 0.1) is 10.1 Å². The van der Waals surface area contributed by atoms with Crippen molar-refractivity contribution in [3.63, 3.8) is 0 Å². The molecule has 22 heavy (non-hydrogen) atoms. The number of carbonyl (C=O) groups is 1. The fourth-order valence-corrected chi connectivity index (χ4v) is 1.91. The molecule has 1 atom stereocenters. The minimum atomic E-state index is -0.613. The van der Waals surface area contributed by atoms with E-state index in [2.05, 4.69) is 15.6 Å². The van der Waals surface area contributed by atoms with Gasteiger partial charge in [-0.25, -0.2) is 4.98 Å². The average molecular weight is 321 g/mol. The number of aromatic nitrogens is 1. The van der Waals surface area contributed by atoms with Crippen LogP contribution in [0.25, 0.3) is 0 Å². The van der Waals surface area contributed by atoms with Gasteiger partial charge in [-0.2, -0.15) is 0 Å². The standard InChI is InChI=1S/C14H13ClN4O3/c1-9(14(20)18-12-6-3-7-16-13(12)15)17-10-4-2-5-11(8-10)19(21)22/h2-9,17H,1H3,(H,18,20)/t9-/m1/s1. The Balaban J connectivity index is 2.04. The zero-order valence-electron chi connectivity index (χ0n) is 11.6. The van der Waals surface area contributed by atoms with E-state index in [4.69, 9.17) is 11.6 Å². The van der Waals surface area contributed by atoms with E-state index in [1.165, 1.54) is 18.3 Å². The summed E-state index contributed by atoms with van der Waals surface area (Å²) >= 11 is 5.87. The van der Waals surface area contributed by atoms with E-state index in [1.54, 1.807) is 31.2 Å². The second-order valence-corrected chi connectivity index (χ2v) is 4.86. The van der Waals surface area contributed by atoms with E-state index in [9.17, 15) is 14.9 Å². The summed E-state index contributed by atoms with van der Waals surface area (Å²) in [5.41, 5.74) is 0.837. The number of amides is 1. The number of non-ortho nitro benzene ring substituents is 1. The highest BCUT2D eigenvalue weighted by Gasteiger charge is 2.15.